The van der Waals surface area contributed by atoms with Gasteiger partial charge < -0.3 is 14.6 Å². The Hall–Kier alpha value is -1.08. The molecule has 0 aliphatic carbocycles. The topological polar surface area (TPSA) is 55.8 Å². The molecule has 0 fully saturated rings. The fraction of sp³-hybridized carbons (Fsp3) is 0.667. The van der Waals surface area contributed by atoms with E-state index in [9.17, 15) is 18.0 Å². The Labute approximate surface area is 90.6 Å². The summed E-state index contributed by atoms with van der Waals surface area (Å²) in [5.41, 5.74) is 0.0919. The van der Waals surface area contributed by atoms with Crippen molar-refractivity contribution in [2.24, 2.45) is 0 Å². The van der Waals surface area contributed by atoms with Gasteiger partial charge in [-0.25, -0.2) is 4.79 Å². The highest BCUT2D eigenvalue weighted by Gasteiger charge is 2.28. The maximum Gasteiger partial charge on any atom is 0.411 e. The van der Waals surface area contributed by atoms with Gasteiger partial charge >= 0.3 is 12.1 Å². The largest absolute Gasteiger partial charge is 0.454 e. The van der Waals surface area contributed by atoms with Crippen molar-refractivity contribution >= 4 is 5.97 Å². The molecule has 1 N–H and O–H groups in total. The zero-order valence-electron chi connectivity index (χ0n) is 8.71. The van der Waals surface area contributed by atoms with Crippen LogP contribution in [0.15, 0.2) is 12.2 Å². The van der Waals surface area contributed by atoms with E-state index in [1.165, 1.54) is 6.92 Å². The molecule has 0 amide bonds. The molecule has 0 saturated heterocycles. The van der Waals surface area contributed by atoms with Gasteiger partial charge in [-0.3, -0.25) is 0 Å². The molecule has 0 aliphatic rings. The fourth-order valence-corrected chi connectivity index (χ4v) is 0.682. The summed E-state index contributed by atoms with van der Waals surface area (Å²) in [7, 11) is 0. The maximum absolute atomic E-state index is 11.7. The molecule has 0 rings (SSSR count). The van der Waals surface area contributed by atoms with Gasteiger partial charge in [-0.05, 0) is 6.92 Å². The van der Waals surface area contributed by atoms with E-state index in [1.807, 2.05) is 0 Å². The number of hydrogen-bond donors (Lipinski definition) is 1. The van der Waals surface area contributed by atoms with Crippen LogP contribution in [-0.4, -0.2) is 43.2 Å². The molecule has 0 radical (unpaired) electrons. The van der Waals surface area contributed by atoms with Crippen molar-refractivity contribution < 1.29 is 32.5 Å². The number of carbonyl (C=O) groups is 1. The monoisotopic (exact) mass is 242 g/mol. The van der Waals surface area contributed by atoms with Crippen molar-refractivity contribution in [3.8, 4) is 0 Å². The summed E-state index contributed by atoms with van der Waals surface area (Å²) < 4.78 is 43.9. The summed E-state index contributed by atoms with van der Waals surface area (Å²) in [4.78, 5) is 11.0. The van der Waals surface area contributed by atoms with Crippen LogP contribution in [0.5, 0.6) is 0 Å². The fourth-order valence-electron chi connectivity index (χ4n) is 0.682. The van der Waals surface area contributed by atoms with Crippen LogP contribution in [0.3, 0.4) is 0 Å². The van der Waals surface area contributed by atoms with Crippen molar-refractivity contribution in [1.82, 2.24) is 0 Å². The van der Waals surface area contributed by atoms with E-state index in [4.69, 9.17) is 5.11 Å². The van der Waals surface area contributed by atoms with E-state index < -0.39 is 38.1 Å². The Morgan fingerprint density at radius 1 is 1.50 bits per heavy atom. The highest BCUT2D eigenvalue weighted by Crippen LogP contribution is 2.14. The lowest BCUT2D eigenvalue weighted by Gasteiger charge is -2.16. The Balaban J connectivity index is 3.93. The summed E-state index contributed by atoms with van der Waals surface area (Å²) >= 11 is 0. The number of alkyl halides is 3. The van der Waals surface area contributed by atoms with Crippen LogP contribution in [-0.2, 0) is 14.3 Å². The minimum Gasteiger partial charge on any atom is -0.454 e. The molecule has 0 heterocycles. The van der Waals surface area contributed by atoms with Gasteiger partial charge in [0.15, 0.2) is 0 Å². The lowest BCUT2D eigenvalue weighted by molar-refractivity contribution is -0.184. The maximum atomic E-state index is 11.7. The highest BCUT2D eigenvalue weighted by molar-refractivity contribution is 5.87. The van der Waals surface area contributed by atoms with Crippen molar-refractivity contribution in [2.75, 3.05) is 19.8 Å². The molecular weight excluding hydrogens is 229 g/mol. The van der Waals surface area contributed by atoms with Crippen molar-refractivity contribution in [3.05, 3.63) is 12.2 Å². The van der Waals surface area contributed by atoms with Gasteiger partial charge in [0, 0.05) is 5.57 Å². The molecule has 4 nitrogen and oxygen atoms in total. The second-order valence-corrected chi connectivity index (χ2v) is 3.12. The van der Waals surface area contributed by atoms with Gasteiger partial charge in [0.2, 0.25) is 0 Å². The third-order valence-corrected chi connectivity index (χ3v) is 1.40. The van der Waals surface area contributed by atoms with Crippen molar-refractivity contribution in [2.45, 2.75) is 19.2 Å². The number of esters is 1. The smallest absolute Gasteiger partial charge is 0.411 e. The first-order chi connectivity index (χ1) is 7.26. The predicted molar refractivity (Wildman–Crippen MR) is 48.7 cm³/mol. The molecule has 7 heteroatoms. The third kappa shape index (κ3) is 7.24. The normalized spacial score (nSPS) is 13.3. The molecule has 0 aromatic rings. The zero-order chi connectivity index (χ0) is 12.8. The summed E-state index contributed by atoms with van der Waals surface area (Å²) in [6.45, 7) is 2.08. The van der Waals surface area contributed by atoms with Gasteiger partial charge in [0.25, 0.3) is 0 Å². The van der Waals surface area contributed by atoms with E-state index in [1.54, 1.807) is 0 Å². The van der Waals surface area contributed by atoms with Crippen LogP contribution in [0.4, 0.5) is 13.2 Å². The minimum absolute atomic E-state index is 0.0919. The zero-order valence-corrected chi connectivity index (χ0v) is 8.71. The number of rotatable bonds is 6. The van der Waals surface area contributed by atoms with E-state index >= 15 is 0 Å². The summed E-state index contributed by atoms with van der Waals surface area (Å²) in [6.07, 6.45) is -5.56. The Morgan fingerprint density at radius 3 is 2.44 bits per heavy atom. The van der Waals surface area contributed by atoms with Crippen molar-refractivity contribution in [3.63, 3.8) is 0 Å². The average Bonchev–Trinajstić information content (AvgIpc) is 2.13. The van der Waals surface area contributed by atoms with E-state index in [0.29, 0.717) is 0 Å². The Kier molecular flexibility index (Phi) is 6.05. The summed E-state index contributed by atoms with van der Waals surface area (Å²) in [5, 5.41) is 8.72. The molecule has 1 unspecified atom stereocenters. The van der Waals surface area contributed by atoms with E-state index in [2.05, 4.69) is 16.1 Å². The van der Waals surface area contributed by atoms with E-state index in [0.717, 1.165) is 0 Å². The standard InChI is InChI=1S/C9H13F3O4/c1-6(2)8(14)16-7(3-13)4-15-5-9(10,11)12/h7,13H,1,3-5H2,2H3. The van der Waals surface area contributed by atoms with Crippen LogP contribution < -0.4 is 0 Å². The third-order valence-electron chi connectivity index (χ3n) is 1.40. The number of aliphatic hydroxyl groups excluding tert-OH is 1. The Bertz CT molecular complexity index is 250. The molecule has 0 saturated carbocycles. The molecule has 0 aromatic heterocycles. The van der Waals surface area contributed by atoms with Gasteiger partial charge in [0.05, 0.1) is 13.2 Å². The molecule has 0 spiro atoms. The Morgan fingerprint density at radius 2 is 2.06 bits per heavy atom. The quantitative estimate of drug-likeness (QED) is 0.558. The van der Waals surface area contributed by atoms with Crippen LogP contribution in [0, 0.1) is 0 Å². The first-order valence-electron chi connectivity index (χ1n) is 4.38. The molecule has 16 heavy (non-hydrogen) atoms. The molecule has 1 atom stereocenters. The average molecular weight is 242 g/mol. The van der Waals surface area contributed by atoms with Crippen LogP contribution >= 0.6 is 0 Å². The second-order valence-electron chi connectivity index (χ2n) is 3.12. The molecular formula is C9H13F3O4. The number of halogens is 3. The predicted octanol–water partition coefficient (Wildman–Crippen LogP) is 1.05. The molecule has 0 bridgehead atoms. The summed E-state index contributed by atoms with van der Waals surface area (Å²) in [6, 6.07) is 0. The number of carbonyl (C=O) groups excluding carboxylic acids is 1. The lowest BCUT2D eigenvalue weighted by Crippen LogP contribution is -2.29. The molecule has 94 valence electrons. The first-order valence-corrected chi connectivity index (χ1v) is 4.38. The van der Waals surface area contributed by atoms with Crippen LogP contribution in [0.1, 0.15) is 6.92 Å². The number of hydrogen-bond acceptors (Lipinski definition) is 4. The molecule has 0 aliphatic heterocycles. The van der Waals surface area contributed by atoms with Crippen LogP contribution in [0.25, 0.3) is 0 Å². The van der Waals surface area contributed by atoms with E-state index in [-0.39, 0.29) is 5.57 Å². The number of ether oxygens (including phenoxy) is 2. The van der Waals surface area contributed by atoms with Gasteiger partial charge in [0.1, 0.15) is 12.7 Å². The van der Waals surface area contributed by atoms with Gasteiger partial charge in [-0.15, -0.1) is 0 Å². The van der Waals surface area contributed by atoms with Crippen molar-refractivity contribution in [1.29, 1.82) is 0 Å². The number of aliphatic hydroxyl groups is 1. The van der Waals surface area contributed by atoms with Crippen LogP contribution in [0.2, 0.25) is 0 Å². The van der Waals surface area contributed by atoms with Gasteiger partial charge in [-0.1, -0.05) is 6.58 Å². The minimum atomic E-state index is -4.45. The highest BCUT2D eigenvalue weighted by atomic mass is 19.4. The summed E-state index contributed by atoms with van der Waals surface area (Å²) in [5.74, 6) is -0.783. The second kappa shape index (κ2) is 6.49. The SMILES string of the molecule is C=C(C)C(=O)OC(CO)COCC(F)(F)F. The van der Waals surface area contributed by atoms with Gasteiger partial charge in [-0.2, -0.15) is 13.2 Å². The first kappa shape index (κ1) is 14.9. The molecule has 0 aromatic carbocycles. The lowest BCUT2D eigenvalue weighted by atomic mass is 10.3.